The van der Waals surface area contributed by atoms with Crippen molar-refractivity contribution in [2.45, 2.75) is 25.5 Å². The molecule has 1 aliphatic rings. The van der Waals surface area contributed by atoms with Crippen LogP contribution in [-0.4, -0.2) is 25.2 Å². The summed E-state index contributed by atoms with van der Waals surface area (Å²) in [6.45, 7) is 3.65. The second kappa shape index (κ2) is 3.40. The van der Waals surface area contributed by atoms with E-state index < -0.39 is 12.9 Å². The number of hydrogen-bond acceptors (Lipinski definition) is 5. The van der Waals surface area contributed by atoms with Gasteiger partial charge in [0, 0.05) is 26.4 Å². The molecule has 1 heterocycles. The topological polar surface area (TPSA) is 59.9 Å². The molecule has 1 atom stereocenters. The first-order chi connectivity index (χ1) is 5.97. The second-order valence-electron chi connectivity index (χ2n) is 3.27. The molecule has 0 aromatic rings. The van der Waals surface area contributed by atoms with Crippen LogP contribution in [0.4, 0.5) is 0 Å². The van der Waals surface area contributed by atoms with Crippen LogP contribution in [0.15, 0.2) is 5.10 Å². The lowest BCUT2D eigenvalue weighted by Crippen LogP contribution is -2.36. The van der Waals surface area contributed by atoms with Crippen LogP contribution in [0, 0.1) is 0 Å². The van der Waals surface area contributed by atoms with Crippen LogP contribution in [0.2, 0.25) is 0 Å². The lowest BCUT2D eigenvalue weighted by molar-refractivity contribution is 0.241. The predicted octanol–water partition coefficient (Wildman–Crippen LogP) is 1.56. The Morgan fingerprint density at radius 1 is 1.54 bits per heavy atom. The maximum absolute atomic E-state index is 12.0. The fourth-order valence-corrected chi connectivity index (χ4v) is 2.98. The highest BCUT2D eigenvalue weighted by Crippen LogP contribution is 2.59. The zero-order valence-corrected chi connectivity index (χ0v) is 9.22. The number of nitrogens with zero attached hydrogens (tertiary/aromatic N) is 1. The van der Waals surface area contributed by atoms with Gasteiger partial charge in [-0.15, -0.1) is 0 Å². The quantitative estimate of drug-likeness (QED) is 0.712. The normalized spacial score (nSPS) is 28.5. The molecule has 1 N–H and O–H groups in total. The van der Waals surface area contributed by atoms with Crippen molar-refractivity contribution in [3.63, 3.8) is 0 Å². The SMILES string of the molecule is COP(=O)(OC)C1(C)CC(C)=NN1. The van der Waals surface area contributed by atoms with Crippen LogP contribution < -0.4 is 5.43 Å². The lowest BCUT2D eigenvalue weighted by Gasteiger charge is -2.29. The maximum Gasteiger partial charge on any atom is 0.356 e. The fourth-order valence-electron chi connectivity index (χ4n) is 1.43. The van der Waals surface area contributed by atoms with Gasteiger partial charge in [0.2, 0.25) is 0 Å². The van der Waals surface area contributed by atoms with E-state index in [-0.39, 0.29) is 0 Å². The van der Waals surface area contributed by atoms with Crippen LogP contribution in [0.3, 0.4) is 0 Å². The minimum absolute atomic E-state index is 0.575. The molecule has 0 spiro atoms. The Morgan fingerprint density at radius 2 is 2.08 bits per heavy atom. The molecule has 76 valence electrons. The highest BCUT2D eigenvalue weighted by atomic mass is 31.2. The maximum atomic E-state index is 12.0. The molecule has 0 bridgehead atoms. The first-order valence-corrected chi connectivity index (χ1v) is 5.53. The standard InChI is InChI=1S/C7H15N2O3P/c1-6-5-7(2,9-8-6)13(10,11-3)12-4/h9H,5H2,1-4H3. The highest BCUT2D eigenvalue weighted by molar-refractivity contribution is 7.55. The predicted molar refractivity (Wildman–Crippen MR) is 50.9 cm³/mol. The number of hydrogen-bond donors (Lipinski definition) is 1. The third-order valence-electron chi connectivity index (χ3n) is 2.17. The zero-order valence-electron chi connectivity index (χ0n) is 8.33. The molecule has 6 heteroatoms. The first kappa shape index (κ1) is 10.7. The van der Waals surface area contributed by atoms with E-state index in [2.05, 4.69) is 10.5 Å². The molecule has 0 amide bonds. The molecule has 0 aliphatic carbocycles. The van der Waals surface area contributed by atoms with Crippen LogP contribution in [0.25, 0.3) is 0 Å². The molecule has 0 aromatic heterocycles. The molecule has 1 unspecified atom stereocenters. The van der Waals surface area contributed by atoms with E-state index >= 15 is 0 Å². The van der Waals surface area contributed by atoms with Gasteiger partial charge in [-0.2, -0.15) is 5.10 Å². The summed E-state index contributed by atoms with van der Waals surface area (Å²) in [4.78, 5) is 0. The van der Waals surface area contributed by atoms with Crippen molar-refractivity contribution in [3.05, 3.63) is 0 Å². The van der Waals surface area contributed by atoms with Crippen LogP contribution in [0.1, 0.15) is 20.3 Å². The van der Waals surface area contributed by atoms with E-state index in [0.717, 1.165) is 5.71 Å². The summed E-state index contributed by atoms with van der Waals surface area (Å²) in [5.41, 5.74) is 3.70. The van der Waals surface area contributed by atoms with Gasteiger partial charge in [-0.3, -0.25) is 9.99 Å². The van der Waals surface area contributed by atoms with Gasteiger partial charge in [-0.25, -0.2) is 0 Å². The average Bonchev–Trinajstić information content (AvgIpc) is 2.46. The van der Waals surface area contributed by atoms with Crippen LogP contribution in [-0.2, 0) is 13.6 Å². The largest absolute Gasteiger partial charge is 0.356 e. The smallest absolute Gasteiger partial charge is 0.310 e. The Bertz CT molecular complexity index is 271. The molecule has 0 fully saturated rings. The summed E-state index contributed by atoms with van der Waals surface area (Å²) in [5.74, 6) is 0. The van der Waals surface area contributed by atoms with E-state index in [0.29, 0.717) is 6.42 Å². The summed E-state index contributed by atoms with van der Waals surface area (Å²) in [6, 6.07) is 0. The van der Waals surface area contributed by atoms with E-state index in [1.54, 1.807) is 6.92 Å². The molecule has 1 rings (SSSR count). The van der Waals surface area contributed by atoms with Gasteiger partial charge in [0.25, 0.3) is 0 Å². The third kappa shape index (κ3) is 1.64. The van der Waals surface area contributed by atoms with Crippen molar-refractivity contribution in [2.24, 2.45) is 5.10 Å². The molecular formula is C7H15N2O3P. The van der Waals surface area contributed by atoms with Crippen molar-refractivity contribution in [1.29, 1.82) is 0 Å². The average molecular weight is 206 g/mol. The second-order valence-corrected chi connectivity index (χ2v) is 5.98. The van der Waals surface area contributed by atoms with Gasteiger partial charge in [0.1, 0.15) is 0 Å². The molecule has 5 nitrogen and oxygen atoms in total. The molecule has 1 aliphatic heterocycles. The molecule has 0 aromatic carbocycles. The van der Waals surface area contributed by atoms with E-state index in [9.17, 15) is 4.57 Å². The zero-order chi connectivity index (χ0) is 10.1. The van der Waals surface area contributed by atoms with Crippen LogP contribution >= 0.6 is 7.60 Å². The van der Waals surface area contributed by atoms with Gasteiger partial charge < -0.3 is 9.05 Å². The van der Waals surface area contributed by atoms with Crippen molar-refractivity contribution in [1.82, 2.24) is 5.43 Å². The van der Waals surface area contributed by atoms with Gasteiger partial charge in [-0.1, -0.05) is 0 Å². The van der Waals surface area contributed by atoms with Crippen LogP contribution in [0.5, 0.6) is 0 Å². The molecule has 0 saturated carbocycles. The Balaban J connectivity index is 2.88. The Hall–Kier alpha value is -0.380. The van der Waals surface area contributed by atoms with E-state index in [1.807, 2.05) is 6.92 Å². The van der Waals surface area contributed by atoms with Crippen molar-refractivity contribution in [3.8, 4) is 0 Å². The minimum Gasteiger partial charge on any atom is -0.310 e. The number of nitrogens with one attached hydrogen (secondary N) is 1. The van der Waals surface area contributed by atoms with Crippen molar-refractivity contribution < 1.29 is 13.6 Å². The molecule has 13 heavy (non-hydrogen) atoms. The number of hydrazone groups is 1. The molecular weight excluding hydrogens is 191 g/mol. The number of rotatable bonds is 3. The minimum atomic E-state index is -3.10. The van der Waals surface area contributed by atoms with Gasteiger partial charge >= 0.3 is 7.60 Å². The summed E-state index contributed by atoms with van der Waals surface area (Å²) < 4.78 is 21.9. The monoisotopic (exact) mass is 206 g/mol. The summed E-state index contributed by atoms with van der Waals surface area (Å²) in [5, 5.41) is 3.26. The van der Waals surface area contributed by atoms with E-state index in [4.69, 9.17) is 9.05 Å². The first-order valence-electron chi connectivity index (χ1n) is 3.99. The third-order valence-corrected chi connectivity index (χ3v) is 4.60. The highest BCUT2D eigenvalue weighted by Gasteiger charge is 2.49. The molecule has 0 radical (unpaired) electrons. The Morgan fingerprint density at radius 3 is 2.38 bits per heavy atom. The Kier molecular flexibility index (Phi) is 2.80. The van der Waals surface area contributed by atoms with Crippen molar-refractivity contribution >= 4 is 13.3 Å². The molecule has 0 saturated heterocycles. The summed E-state index contributed by atoms with van der Waals surface area (Å²) in [6.07, 6.45) is 0.575. The fraction of sp³-hybridized carbons (Fsp3) is 0.857. The van der Waals surface area contributed by atoms with Gasteiger partial charge in [0.05, 0.1) is 0 Å². The van der Waals surface area contributed by atoms with Gasteiger partial charge in [-0.05, 0) is 13.8 Å². The van der Waals surface area contributed by atoms with Gasteiger partial charge in [0.15, 0.2) is 5.28 Å². The lowest BCUT2D eigenvalue weighted by atomic mass is 10.2. The Labute approximate surface area is 78.0 Å². The van der Waals surface area contributed by atoms with Crippen molar-refractivity contribution in [2.75, 3.05) is 14.2 Å². The summed E-state index contributed by atoms with van der Waals surface area (Å²) >= 11 is 0. The summed E-state index contributed by atoms with van der Waals surface area (Å²) in [7, 11) is -0.344. The van der Waals surface area contributed by atoms with E-state index in [1.165, 1.54) is 14.2 Å².